The van der Waals surface area contributed by atoms with Gasteiger partial charge in [-0.25, -0.2) is 4.79 Å². The van der Waals surface area contributed by atoms with Crippen molar-refractivity contribution in [3.63, 3.8) is 0 Å². The van der Waals surface area contributed by atoms with E-state index in [4.69, 9.17) is 18.9 Å². The van der Waals surface area contributed by atoms with E-state index < -0.39 is 0 Å². The highest BCUT2D eigenvalue weighted by molar-refractivity contribution is 7.18. The molecular formula is C22H23NO5S. The van der Waals surface area contributed by atoms with Crippen molar-refractivity contribution in [3.05, 3.63) is 53.4 Å². The van der Waals surface area contributed by atoms with Crippen LogP contribution in [0.5, 0.6) is 17.2 Å². The minimum atomic E-state index is -0.366. The Kier molecular flexibility index (Phi) is 6.61. The third-order valence-corrected chi connectivity index (χ3v) is 5.36. The smallest absolute Gasteiger partial charge is 0.350 e. The number of nitrogens with one attached hydrogen (secondary N) is 1. The highest BCUT2D eigenvalue weighted by Gasteiger charge is 2.20. The Morgan fingerprint density at radius 3 is 2.17 bits per heavy atom. The van der Waals surface area contributed by atoms with Gasteiger partial charge in [-0.3, -0.25) is 0 Å². The van der Waals surface area contributed by atoms with Gasteiger partial charge in [-0.15, -0.1) is 11.3 Å². The van der Waals surface area contributed by atoms with Gasteiger partial charge in [0.1, 0.15) is 4.88 Å². The lowest BCUT2D eigenvalue weighted by Crippen LogP contribution is -2.05. The van der Waals surface area contributed by atoms with E-state index in [1.54, 1.807) is 40.4 Å². The quantitative estimate of drug-likeness (QED) is 0.502. The maximum absolute atomic E-state index is 12.5. The van der Waals surface area contributed by atoms with Crippen LogP contribution in [0.25, 0.3) is 10.4 Å². The van der Waals surface area contributed by atoms with E-state index in [9.17, 15) is 4.79 Å². The molecule has 7 heteroatoms. The van der Waals surface area contributed by atoms with E-state index in [0.717, 1.165) is 10.4 Å². The van der Waals surface area contributed by atoms with Crippen molar-refractivity contribution in [2.75, 3.05) is 33.3 Å². The number of thiophene rings is 1. The molecule has 0 spiro atoms. The highest BCUT2D eigenvalue weighted by atomic mass is 32.1. The van der Waals surface area contributed by atoms with Gasteiger partial charge in [-0.1, -0.05) is 30.3 Å². The van der Waals surface area contributed by atoms with Gasteiger partial charge >= 0.3 is 5.97 Å². The third-order valence-electron chi connectivity index (χ3n) is 4.19. The predicted molar refractivity (Wildman–Crippen MR) is 115 cm³/mol. The first-order chi connectivity index (χ1) is 14.1. The molecule has 1 aromatic heterocycles. The minimum absolute atomic E-state index is 0.307. The molecule has 2 aromatic carbocycles. The van der Waals surface area contributed by atoms with E-state index in [1.807, 2.05) is 36.4 Å². The van der Waals surface area contributed by atoms with Crippen molar-refractivity contribution in [2.45, 2.75) is 6.92 Å². The first-order valence-electron chi connectivity index (χ1n) is 9.04. The molecule has 0 bridgehead atoms. The van der Waals surface area contributed by atoms with Crippen LogP contribution in [0, 0.1) is 0 Å². The molecule has 152 valence electrons. The molecule has 0 aliphatic carbocycles. The Morgan fingerprint density at radius 2 is 1.62 bits per heavy atom. The molecule has 0 radical (unpaired) electrons. The number of hydrogen-bond acceptors (Lipinski definition) is 7. The Hall–Kier alpha value is -3.19. The molecular weight excluding hydrogens is 390 g/mol. The average molecular weight is 413 g/mol. The largest absolute Gasteiger partial charge is 0.493 e. The molecule has 3 aromatic rings. The number of ether oxygens (including phenoxy) is 4. The van der Waals surface area contributed by atoms with Crippen LogP contribution in [0.3, 0.4) is 0 Å². The predicted octanol–water partition coefficient (Wildman–Crippen LogP) is 5.36. The monoisotopic (exact) mass is 413 g/mol. The van der Waals surface area contributed by atoms with Crippen LogP contribution in [0.1, 0.15) is 16.6 Å². The summed E-state index contributed by atoms with van der Waals surface area (Å²) in [5, 5.41) is 3.30. The van der Waals surface area contributed by atoms with Crippen molar-refractivity contribution in [3.8, 4) is 27.7 Å². The number of rotatable bonds is 8. The van der Waals surface area contributed by atoms with Crippen molar-refractivity contribution in [1.82, 2.24) is 0 Å². The van der Waals surface area contributed by atoms with Crippen molar-refractivity contribution < 1.29 is 23.7 Å². The van der Waals surface area contributed by atoms with Crippen LogP contribution in [-0.2, 0) is 4.74 Å². The van der Waals surface area contributed by atoms with Crippen LogP contribution in [-0.4, -0.2) is 33.9 Å². The normalized spacial score (nSPS) is 10.3. The summed E-state index contributed by atoms with van der Waals surface area (Å²) in [6.07, 6.45) is 0. The molecule has 0 aliphatic heterocycles. The van der Waals surface area contributed by atoms with E-state index >= 15 is 0 Å². The van der Waals surface area contributed by atoms with Gasteiger partial charge in [0.25, 0.3) is 0 Å². The number of benzene rings is 2. The molecule has 0 fully saturated rings. The summed E-state index contributed by atoms with van der Waals surface area (Å²) in [5.74, 6) is 1.17. The number of esters is 1. The molecule has 6 nitrogen and oxygen atoms in total. The molecule has 0 saturated heterocycles. The zero-order valence-electron chi connectivity index (χ0n) is 16.8. The van der Waals surface area contributed by atoms with Gasteiger partial charge in [-0.05, 0) is 18.6 Å². The fourth-order valence-electron chi connectivity index (χ4n) is 2.89. The first-order valence-corrected chi connectivity index (χ1v) is 9.86. The van der Waals surface area contributed by atoms with Crippen molar-refractivity contribution in [2.24, 2.45) is 0 Å². The summed E-state index contributed by atoms with van der Waals surface area (Å²) in [5.41, 5.74) is 2.38. The highest BCUT2D eigenvalue weighted by Crippen LogP contribution is 2.42. The second-order valence-corrected chi connectivity index (χ2v) is 7.03. The maximum Gasteiger partial charge on any atom is 0.350 e. The topological polar surface area (TPSA) is 66.0 Å². The zero-order chi connectivity index (χ0) is 20.8. The lowest BCUT2D eigenvalue weighted by atomic mass is 10.2. The molecule has 0 unspecified atom stereocenters. The summed E-state index contributed by atoms with van der Waals surface area (Å²) >= 11 is 1.38. The number of hydrogen-bond donors (Lipinski definition) is 1. The SMILES string of the molecule is CCOC(=O)c1sc(-c2ccccc2)cc1Nc1cc(OC)c(OC)c(OC)c1. The standard InChI is InChI=1S/C22H23NO5S/c1-5-28-22(24)21-16(13-19(29-21)14-9-7-6-8-10-14)23-15-11-17(25-2)20(27-4)18(12-15)26-3/h6-13,23H,5H2,1-4H3. The lowest BCUT2D eigenvalue weighted by Gasteiger charge is -2.15. The van der Waals surface area contributed by atoms with E-state index in [0.29, 0.717) is 40.1 Å². The summed E-state index contributed by atoms with van der Waals surface area (Å²) in [7, 11) is 4.67. The number of anilines is 2. The van der Waals surface area contributed by atoms with Gasteiger partial charge in [-0.2, -0.15) is 0 Å². The molecule has 0 atom stereocenters. The molecule has 29 heavy (non-hydrogen) atoms. The summed E-state index contributed by atoms with van der Waals surface area (Å²) < 4.78 is 21.4. The second kappa shape index (κ2) is 9.34. The van der Waals surface area contributed by atoms with Crippen LogP contribution < -0.4 is 19.5 Å². The molecule has 1 N–H and O–H groups in total. The van der Waals surface area contributed by atoms with Crippen LogP contribution in [0.15, 0.2) is 48.5 Å². The Bertz CT molecular complexity index is 959. The van der Waals surface area contributed by atoms with E-state index in [1.165, 1.54) is 11.3 Å². The summed E-state index contributed by atoms with van der Waals surface area (Å²) in [4.78, 5) is 14.0. The minimum Gasteiger partial charge on any atom is -0.493 e. The maximum atomic E-state index is 12.5. The lowest BCUT2D eigenvalue weighted by molar-refractivity contribution is 0.0533. The second-order valence-electron chi connectivity index (χ2n) is 5.98. The van der Waals surface area contributed by atoms with Gasteiger partial charge in [0.15, 0.2) is 11.5 Å². The van der Waals surface area contributed by atoms with E-state index in [2.05, 4.69) is 5.32 Å². The van der Waals surface area contributed by atoms with Gasteiger partial charge in [0, 0.05) is 22.7 Å². The summed E-state index contributed by atoms with van der Waals surface area (Å²) in [6, 6.07) is 15.4. The zero-order valence-corrected chi connectivity index (χ0v) is 17.6. The fraction of sp³-hybridized carbons (Fsp3) is 0.227. The Balaban J connectivity index is 2.04. The first kappa shape index (κ1) is 20.5. The third kappa shape index (κ3) is 4.46. The molecule has 0 amide bonds. The van der Waals surface area contributed by atoms with Crippen LogP contribution in [0.2, 0.25) is 0 Å². The number of carbonyl (C=O) groups is 1. The fourth-order valence-corrected chi connectivity index (χ4v) is 3.90. The van der Waals surface area contributed by atoms with E-state index in [-0.39, 0.29) is 5.97 Å². The Labute approximate surface area is 174 Å². The molecule has 0 aliphatic rings. The Morgan fingerprint density at radius 1 is 0.966 bits per heavy atom. The number of methoxy groups -OCH3 is 3. The van der Waals surface area contributed by atoms with Crippen LogP contribution >= 0.6 is 11.3 Å². The molecule has 0 saturated carbocycles. The van der Waals surface area contributed by atoms with Crippen LogP contribution in [0.4, 0.5) is 11.4 Å². The van der Waals surface area contributed by atoms with Crippen molar-refractivity contribution in [1.29, 1.82) is 0 Å². The average Bonchev–Trinajstić information content (AvgIpc) is 3.17. The summed E-state index contributed by atoms with van der Waals surface area (Å²) in [6.45, 7) is 2.09. The van der Waals surface area contributed by atoms with Gasteiger partial charge in [0.2, 0.25) is 5.75 Å². The van der Waals surface area contributed by atoms with Crippen molar-refractivity contribution >= 4 is 28.7 Å². The number of carbonyl (C=O) groups excluding carboxylic acids is 1. The molecule has 3 rings (SSSR count). The van der Waals surface area contributed by atoms with Gasteiger partial charge in [0.05, 0.1) is 33.6 Å². The van der Waals surface area contributed by atoms with Gasteiger partial charge < -0.3 is 24.3 Å². The molecule has 1 heterocycles.